The zero-order chi connectivity index (χ0) is 20.2. The molecule has 4 heteroatoms. The Morgan fingerprint density at radius 2 is 1.66 bits per heavy atom. The molecule has 3 nitrogen and oxygen atoms in total. The monoisotopic (exact) mass is 400 g/mol. The third-order valence-electron chi connectivity index (χ3n) is 5.04. The number of aromatic nitrogens is 1. The van der Waals surface area contributed by atoms with Gasteiger partial charge in [-0.05, 0) is 35.7 Å². The Hall–Kier alpha value is -2.98. The zero-order valence-corrected chi connectivity index (χ0v) is 17.6. The van der Waals surface area contributed by atoms with Gasteiger partial charge in [-0.3, -0.25) is 4.79 Å². The number of carbonyl (C=O) groups is 1. The van der Waals surface area contributed by atoms with Gasteiger partial charge in [-0.1, -0.05) is 80.1 Å². The number of carbonyl (C=O) groups excluding carboxylic acids is 1. The first kappa shape index (κ1) is 19.3. The molecule has 0 aliphatic rings. The first-order valence-corrected chi connectivity index (χ1v) is 10.9. The Morgan fingerprint density at radius 1 is 0.931 bits per heavy atom. The number of thiazole rings is 1. The fourth-order valence-electron chi connectivity index (χ4n) is 3.70. The summed E-state index contributed by atoms with van der Waals surface area (Å²) in [5.41, 5.74) is 3.01. The predicted octanol–water partition coefficient (Wildman–Crippen LogP) is 6.08. The average Bonchev–Trinajstić information content (AvgIpc) is 3.10. The second-order valence-corrected chi connectivity index (χ2v) is 8.02. The Balaban J connectivity index is 1.88. The number of benzene rings is 3. The fourth-order valence-corrected chi connectivity index (χ4v) is 5.02. The summed E-state index contributed by atoms with van der Waals surface area (Å²) in [6.45, 7) is 5.06. The van der Waals surface area contributed by atoms with Crippen LogP contribution in [-0.4, -0.2) is 10.5 Å². The molecule has 0 N–H and O–H groups in total. The van der Waals surface area contributed by atoms with E-state index in [9.17, 15) is 4.79 Å². The predicted molar refractivity (Wildman–Crippen MR) is 121 cm³/mol. The van der Waals surface area contributed by atoms with Crippen LogP contribution >= 0.6 is 11.3 Å². The third kappa shape index (κ3) is 3.81. The molecule has 0 fully saturated rings. The van der Waals surface area contributed by atoms with E-state index >= 15 is 0 Å². The maximum absolute atomic E-state index is 13.1. The Bertz CT molecular complexity index is 1210. The summed E-state index contributed by atoms with van der Waals surface area (Å²) in [4.78, 5) is 19.8. The number of hydrogen-bond acceptors (Lipinski definition) is 2. The molecule has 1 amide bonds. The molecular weight excluding hydrogens is 376 g/mol. The summed E-state index contributed by atoms with van der Waals surface area (Å²) in [5, 5.41) is 2.00. The van der Waals surface area contributed by atoms with E-state index in [-0.39, 0.29) is 5.91 Å². The first-order valence-electron chi connectivity index (χ1n) is 10.1. The Kier molecular flexibility index (Phi) is 5.72. The van der Waals surface area contributed by atoms with Crippen molar-refractivity contribution in [3.05, 3.63) is 88.0 Å². The van der Waals surface area contributed by atoms with Gasteiger partial charge in [0.2, 0.25) is 0 Å². The molecule has 29 heavy (non-hydrogen) atoms. The maximum Gasteiger partial charge on any atom is 0.280 e. The summed E-state index contributed by atoms with van der Waals surface area (Å²) >= 11 is 1.63. The molecule has 0 bridgehead atoms. The van der Waals surface area contributed by atoms with Crippen molar-refractivity contribution < 1.29 is 4.79 Å². The van der Waals surface area contributed by atoms with Crippen molar-refractivity contribution in [2.45, 2.75) is 33.2 Å². The van der Waals surface area contributed by atoms with E-state index in [0.717, 1.165) is 35.0 Å². The lowest BCUT2D eigenvalue weighted by Crippen LogP contribution is -2.17. The van der Waals surface area contributed by atoms with Crippen LogP contribution < -0.4 is 4.80 Å². The molecule has 4 rings (SSSR count). The standard InChI is InChI=1S/C25H24N2OS/c1-3-11-22-23(19-13-6-5-7-14-19)27(4-2)25(29-22)26-24(28)21-17-10-15-18-12-8-9-16-20(18)21/h5-10,12-17H,3-4,11H2,1-2H3. The van der Waals surface area contributed by atoms with Crippen LogP contribution in [0.2, 0.25) is 0 Å². The first-order chi connectivity index (χ1) is 14.2. The SMILES string of the molecule is CCCc1sc(=NC(=O)c2cccc3ccccc23)n(CC)c1-c1ccccc1. The topological polar surface area (TPSA) is 34.4 Å². The van der Waals surface area contributed by atoms with Gasteiger partial charge in [0.05, 0.1) is 5.69 Å². The minimum Gasteiger partial charge on any atom is -0.316 e. The van der Waals surface area contributed by atoms with Gasteiger partial charge in [0.1, 0.15) is 0 Å². The molecule has 146 valence electrons. The van der Waals surface area contributed by atoms with E-state index in [4.69, 9.17) is 0 Å². The number of rotatable bonds is 5. The van der Waals surface area contributed by atoms with Gasteiger partial charge in [0.15, 0.2) is 4.80 Å². The average molecular weight is 401 g/mol. The maximum atomic E-state index is 13.1. The van der Waals surface area contributed by atoms with Crippen molar-refractivity contribution in [1.29, 1.82) is 0 Å². The van der Waals surface area contributed by atoms with Crippen molar-refractivity contribution in [2.24, 2.45) is 4.99 Å². The van der Waals surface area contributed by atoms with Crippen LogP contribution in [0.25, 0.3) is 22.0 Å². The van der Waals surface area contributed by atoms with E-state index in [1.807, 2.05) is 48.5 Å². The molecular formula is C25H24N2OS. The molecule has 0 aliphatic carbocycles. The molecule has 4 aromatic rings. The van der Waals surface area contributed by atoms with Crippen molar-refractivity contribution in [3.8, 4) is 11.3 Å². The number of hydrogen-bond donors (Lipinski definition) is 0. The van der Waals surface area contributed by atoms with Gasteiger partial charge in [0.25, 0.3) is 5.91 Å². The molecule has 0 spiro atoms. The highest BCUT2D eigenvalue weighted by molar-refractivity contribution is 7.09. The lowest BCUT2D eigenvalue weighted by molar-refractivity contribution is 0.0999. The van der Waals surface area contributed by atoms with Crippen LogP contribution in [0.4, 0.5) is 0 Å². The van der Waals surface area contributed by atoms with Crippen molar-refractivity contribution in [2.75, 3.05) is 0 Å². The summed E-state index contributed by atoms with van der Waals surface area (Å²) in [6.07, 6.45) is 2.04. The number of fused-ring (bicyclic) bond motifs is 1. The summed E-state index contributed by atoms with van der Waals surface area (Å²) < 4.78 is 2.17. The highest BCUT2D eigenvalue weighted by Gasteiger charge is 2.16. The highest BCUT2D eigenvalue weighted by atomic mass is 32.1. The van der Waals surface area contributed by atoms with Gasteiger partial charge >= 0.3 is 0 Å². The van der Waals surface area contributed by atoms with Gasteiger partial charge in [-0.25, -0.2) is 0 Å². The van der Waals surface area contributed by atoms with Crippen LogP contribution in [0.1, 0.15) is 35.5 Å². The van der Waals surface area contributed by atoms with Crippen LogP contribution in [0, 0.1) is 0 Å². The van der Waals surface area contributed by atoms with Gasteiger partial charge in [0, 0.05) is 17.0 Å². The van der Waals surface area contributed by atoms with Crippen molar-refractivity contribution >= 4 is 28.0 Å². The van der Waals surface area contributed by atoms with Crippen molar-refractivity contribution in [3.63, 3.8) is 0 Å². The summed E-state index contributed by atoms with van der Waals surface area (Å²) in [7, 11) is 0. The van der Waals surface area contributed by atoms with Crippen LogP contribution in [0.5, 0.6) is 0 Å². The Labute approximate surface area is 175 Å². The lowest BCUT2D eigenvalue weighted by atomic mass is 10.0. The highest BCUT2D eigenvalue weighted by Crippen LogP contribution is 2.27. The smallest absolute Gasteiger partial charge is 0.280 e. The molecule has 0 saturated carbocycles. The minimum absolute atomic E-state index is 0.187. The second-order valence-electron chi connectivity index (χ2n) is 6.96. The lowest BCUT2D eigenvalue weighted by Gasteiger charge is -2.09. The zero-order valence-electron chi connectivity index (χ0n) is 16.8. The van der Waals surface area contributed by atoms with Gasteiger partial charge in [-0.15, -0.1) is 11.3 Å². The third-order valence-corrected chi connectivity index (χ3v) is 6.18. The van der Waals surface area contributed by atoms with Crippen LogP contribution in [-0.2, 0) is 13.0 Å². The van der Waals surface area contributed by atoms with E-state index in [1.165, 1.54) is 16.1 Å². The summed E-state index contributed by atoms with van der Waals surface area (Å²) in [6, 6.07) is 24.2. The van der Waals surface area contributed by atoms with E-state index in [1.54, 1.807) is 11.3 Å². The second kappa shape index (κ2) is 8.58. The molecule has 1 heterocycles. The van der Waals surface area contributed by atoms with Crippen LogP contribution in [0.15, 0.2) is 77.8 Å². The molecule has 0 saturated heterocycles. The molecule has 0 unspecified atom stereocenters. The van der Waals surface area contributed by atoms with Gasteiger partial charge in [-0.2, -0.15) is 4.99 Å². The molecule has 0 aliphatic heterocycles. The number of aryl methyl sites for hydroxylation is 1. The van der Waals surface area contributed by atoms with Crippen LogP contribution in [0.3, 0.4) is 0 Å². The largest absolute Gasteiger partial charge is 0.316 e. The number of nitrogens with zero attached hydrogens (tertiary/aromatic N) is 2. The normalized spacial score (nSPS) is 11.9. The molecule has 0 radical (unpaired) electrons. The molecule has 0 atom stereocenters. The molecule has 1 aromatic heterocycles. The minimum atomic E-state index is -0.187. The summed E-state index contributed by atoms with van der Waals surface area (Å²) in [5.74, 6) is -0.187. The van der Waals surface area contributed by atoms with E-state index in [0.29, 0.717) is 5.56 Å². The van der Waals surface area contributed by atoms with Crippen molar-refractivity contribution in [1.82, 2.24) is 4.57 Å². The fraction of sp³-hybridized carbons (Fsp3) is 0.200. The Morgan fingerprint density at radius 3 is 2.41 bits per heavy atom. The quantitative estimate of drug-likeness (QED) is 0.399. The van der Waals surface area contributed by atoms with E-state index < -0.39 is 0 Å². The van der Waals surface area contributed by atoms with E-state index in [2.05, 4.69) is 47.7 Å². The number of amides is 1. The molecule has 3 aromatic carbocycles. The van der Waals surface area contributed by atoms with Gasteiger partial charge < -0.3 is 4.57 Å².